The molecule has 0 saturated carbocycles. The maximum absolute atomic E-state index is 4.58. The maximum atomic E-state index is 4.58. The van der Waals surface area contributed by atoms with Gasteiger partial charge in [0.25, 0.3) is 0 Å². The highest BCUT2D eigenvalue weighted by Crippen LogP contribution is 2.24. The Labute approximate surface area is 148 Å². The van der Waals surface area contributed by atoms with Crippen molar-refractivity contribution in [2.24, 2.45) is 0 Å². The first kappa shape index (κ1) is 16.0. The standard InChI is InChI=1S/C19H24N6/c1-3-23-8-10-24(11-9-23)18-17-12-22-25(19(17)21-14-20-18)13-16-6-4-15(2)5-7-16/h4-7,12,14H,3,8-11,13H2,1-2H3. The van der Waals surface area contributed by atoms with Crippen LogP contribution in [0.5, 0.6) is 0 Å². The number of piperazine rings is 1. The van der Waals surface area contributed by atoms with E-state index in [1.807, 2.05) is 10.9 Å². The van der Waals surface area contributed by atoms with E-state index < -0.39 is 0 Å². The van der Waals surface area contributed by atoms with Gasteiger partial charge in [0.15, 0.2) is 5.65 Å². The number of aromatic nitrogens is 4. The Hall–Kier alpha value is -2.47. The van der Waals surface area contributed by atoms with E-state index in [-0.39, 0.29) is 0 Å². The SMILES string of the molecule is CCN1CCN(c2ncnc3c2cnn3Cc2ccc(C)cc2)CC1. The molecule has 0 bridgehead atoms. The second-order valence-electron chi connectivity index (χ2n) is 6.64. The van der Waals surface area contributed by atoms with Crippen LogP contribution in [0.1, 0.15) is 18.1 Å². The zero-order valence-corrected chi connectivity index (χ0v) is 14.9. The normalized spacial score (nSPS) is 15.8. The Morgan fingerprint density at radius 2 is 1.76 bits per heavy atom. The summed E-state index contributed by atoms with van der Waals surface area (Å²) in [6, 6.07) is 8.56. The molecule has 3 heterocycles. The topological polar surface area (TPSA) is 50.1 Å². The van der Waals surface area contributed by atoms with E-state index in [9.17, 15) is 0 Å². The van der Waals surface area contributed by atoms with Crippen LogP contribution < -0.4 is 4.90 Å². The Balaban J connectivity index is 1.61. The lowest BCUT2D eigenvalue weighted by Crippen LogP contribution is -2.46. The second-order valence-corrected chi connectivity index (χ2v) is 6.64. The van der Waals surface area contributed by atoms with E-state index in [2.05, 4.69) is 63.0 Å². The predicted molar refractivity (Wildman–Crippen MR) is 99.9 cm³/mol. The Morgan fingerprint density at radius 3 is 2.48 bits per heavy atom. The summed E-state index contributed by atoms with van der Waals surface area (Å²) in [7, 11) is 0. The third-order valence-corrected chi connectivity index (χ3v) is 4.98. The first-order valence-electron chi connectivity index (χ1n) is 8.94. The molecule has 1 saturated heterocycles. The van der Waals surface area contributed by atoms with Crippen molar-refractivity contribution in [2.45, 2.75) is 20.4 Å². The number of hydrogen-bond acceptors (Lipinski definition) is 5. The minimum atomic E-state index is 0.726. The van der Waals surface area contributed by atoms with Gasteiger partial charge in [0, 0.05) is 26.2 Å². The number of aryl methyl sites for hydroxylation is 1. The molecule has 1 aromatic carbocycles. The number of likely N-dealkylation sites (N-methyl/N-ethyl adjacent to an activating group) is 1. The van der Waals surface area contributed by atoms with Crippen LogP contribution in [-0.4, -0.2) is 57.4 Å². The minimum absolute atomic E-state index is 0.726. The first-order chi connectivity index (χ1) is 12.2. The van der Waals surface area contributed by atoms with Gasteiger partial charge in [0.1, 0.15) is 12.1 Å². The summed E-state index contributed by atoms with van der Waals surface area (Å²) >= 11 is 0. The number of benzene rings is 1. The van der Waals surface area contributed by atoms with E-state index in [4.69, 9.17) is 0 Å². The average Bonchev–Trinajstić information content (AvgIpc) is 3.07. The summed E-state index contributed by atoms with van der Waals surface area (Å²) in [5.41, 5.74) is 3.40. The summed E-state index contributed by atoms with van der Waals surface area (Å²) in [6.07, 6.45) is 3.57. The molecule has 1 aliphatic rings. The van der Waals surface area contributed by atoms with Crippen molar-refractivity contribution in [1.82, 2.24) is 24.6 Å². The molecule has 1 aliphatic heterocycles. The fraction of sp³-hybridized carbons (Fsp3) is 0.421. The van der Waals surface area contributed by atoms with Crippen molar-refractivity contribution >= 4 is 16.9 Å². The molecule has 4 rings (SSSR count). The molecule has 0 spiro atoms. The van der Waals surface area contributed by atoms with Crippen LogP contribution in [0.4, 0.5) is 5.82 Å². The van der Waals surface area contributed by atoms with Gasteiger partial charge in [-0.15, -0.1) is 0 Å². The number of rotatable bonds is 4. The molecule has 0 atom stereocenters. The van der Waals surface area contributed by atoms with Crippen LogP contribution in [0.15, 0.2) is 36.8 Å². The van der Waals surface area contributed by atoms with Gasteiger partial charge in [0.05, 0.1) is 18.1 Å². The van der Waals surface area contributed by atoms with Crippen LogP contribution >= 0.6 is 0 Å². The number of hydrogen-bond donors (Lipinski definition) is 0. The molecule has 2 aromatic heterocycles. The minimum Gasteiger partial charge on any atom is -0.353 e. The van der Waals surface area contributed by atoms with Crippen LogP contribution in [0.2, 0.25) is 0 Å². The van der Waals surface area contributed by atoms with Crippen molar-refractivity contribution in [3.63, 3.8) is 0 Å². The quantitative estimate of drug-likeness (QED) is 0.732. The van der Waals surface area contributed by atoms with E-state index >= 15 is 0 Å². The van der Waals surface area contributed by atoms with Gasteiger partial charge in [-0.1, -0.05) is 36.8 Å². The fourth-order valence-corrected chi connectivity index (χ4v) is 3.39. The van der Waals surface area contributed by atoms with E-state index in [0.29, 0.717) is 0 Å². The molecule has 6 nitrogen and oxygen atoms in total. The zero-order valence-electron chi connectivity index (χ0n) is 14.9. The van der Waals surface area contributed by atoms with E-state index in [1.165, 1.54) is 11.1 Å². The van der Waals surface area contributed by atoms with Gasteiger partial charge >= 0.3 is 0 Å². The van der Waals surface area contributed by atoms with Gasteiger partial charge in [-0.2, -0.15) is 5.10 Å². The lowest BCUT2D eigenvalue weighted by atomic mass is 10.1. The molecule has 1 fully saturated rings. The molecule has 0 unspecified atom stereocenters. The van der Waals surface area contributed by atoms with Crippen LogP contribution in [0, 0.1) is 6.92 Å². The number of anilines is 1. The Kier molecular flexibility index (Phi) is 4.36. The lowest BCUT2D eigenvalue weighted by molar-refractivity contribution is 0.271. The molecule has 25 heavy (non-hydrogen) atoms. The predicted octanol–water partition coefficient (Wildman–Crippen LogP) is 2.32. The molecule has 0 N–H and O–H groups in total. The average molecular weight is 336 g/mol. The molecular formula is C19H24N6. The molecular weight excluding hydrogens is 312 g/mol. The van der Waals surface area contributed by atoms with Crippen LogP contribution in [0.25, 0.3) is 11.0 Å². The number of fused-ring (bicyclic) bond motifs is 1. The fourth-order valence-electron chi connectivity index (χ4n) is 3.39. The zero-order chi connectivity index (χ0) is 17.2. The van der Waals surface area contributed by atoms with Gasteiger partial charge in [-0.3, -0.25) is 0 Å². The first-order valence-corrected chi connectivity index (χ1v) is 8.94. The largest absolute Gasteiger partial charge is 0.353 e. The molecule has 6 heteroatoms. The van der Waals surface area contributed by atoms with Crippen LogP contribution in [-0.2, 0) is 6.54 Å². The monoisotopic (exact) mass is 336 g/mol. The molecule has 3 aromatic rings. The van der Waals surface area contributed by atoms with E-state index in [1.54, 1.807) is 6.33 Å². The third-order valence-electron chi connectivity index (χ3n) is 4.98. The molecule has 0 radical (unpaired) electrons. The van der Waals surface area contributed by atoms with Crippen molar-refractivity contribution in [1.29, 1.82) is 0 Å². The van der Waals surface area contributed by atoms with Crippen molar-refractivity contribution in [3.05, 3.63) is 47.9 Å². The van der Waals surface area contributed by atoms with Gasteiger partial charge in [0.2, 0.25) is 0 Å². The highest BCUT2D eigenvalue weighted by atomic mass is 15.3. The number of nitrogens with zero attached hydrogens (tertiary/aromatic N) is 6. The molecule has 130 valence electrons. The summed E-state index contributed by atoms with van der Waals surface area (Å²) < 4.78 is 1.97. The highest BCUT2D eigenvalue weighted by molar-refractivity contribution is 5.86. The van der Waals surface area contributed by atoms with Gasteiger partial charge < -0.3 is 9.80 Å². The second kappa shape index (κ2) is 6.80. The smallest absolute Gasteiger partial charge is 0.163 e. The Morgan fingerprint density at radius 1 is 1.00 bits per heavy atom. The van der Waals surface area contributed by atoms with E-state index in [0.717, 1.165) is 56.1 Å². The summed E-state index contributed by atoms with van der Waals surface area (Å²) in [5.74, 6) is 1.01. The maximum Gasteiger partial charge on any atom is 0.163 e. The lowest BCUT2D eigenvalue weighted by Gasteiger charge is -2.34. The van der Waals surface area contributed by atoms with Crippen LogP contribution in [0.3, 0.4) is 0 Å². The third kappa shape index (κ3) is 3.22. The highest BCUT2D eigenvalue weighted by Gasteiger charge is 2.20. The molecule has 0 amide bonds. The van der Waals surface area contributed by atoms with Gasteiger partial charge in [-0.25, -0.2) is 14.6 Å². The summed E-state index contributed by atoms with van der Waals surface area (Å²) in [5, 5.41) is 5.62. The summed E-state index contributed by atoms with van der Waals surface area (Å²) in [4.78, 5) is 13.9. The Bertz CT molecular complexity index is 846. The van der Waals surface area contributed by atoms with Crippen molar-refractivity contribution < 1.29 is 0 Å². The summed E-state index contributed by atoms with van der Waals surface area (Å²) in [6.45, 7) is 10.3. The van der Waals surface area contributed by atoms with Gasteiger partial charge in [-0.05, 0) is 19.0 Å². The van der Waals surface area contributed by atoms with Crippen molar-refractivity contribution in [3.8, 4) is 0 Å². The van der Waals surface area contributed by atoms with Crippen molar-refractivity contribution in [2.75, 3.05) is 37.6 Å². The molecule has 0 aliphatic carbocycles.